The van der Waals surface area contributed by atoms with Gasteiger partial charge in [0.05, 0.1) is 32.4 Å². The van der Waals surface area contributed by atoms with Gasteiger partial charge in [0.1, 0.15) is 5.02 Å². The predicted molar refractivity (Wildman–Crippen MR) is 108 cm³/mol. The highest BCUT2D eigenvalue weighted by atomic mass is 35.5. The van der Waals surface area contributed by atoms with Gasteiger partial charge >= 0.3 is 6.18 Å². The van der Waals surface area contributed by atoms with Crippen LogP contribution in [0.5, 0.6) is 11.6 Å². The molecule has 2 aromatic carbocycles. The number of halogens is 6. The number of rotatable bonds is 3. The van der Waals surface area contributed by atoms with Crippen molar-refractivity contribution in [1.29, 1.82) is 0 Å². The van der Waals surface area contributed by atoms with Crippen molar-refractivity contribution >= 4 is 52.3 Å². The van der Waals surface area contributed by atoms with Crippen LogP contribution in [0.4, 0.5) is 18.9 Å². The second kappa shape index (κ2) is 7.71. The van der Waals surface area contributed by atoms with Gasteiger partial charge in [0.25, 0.3) is 11.8 Å². The highest BCUT2D eigenvalue weighted by Gasteiger charge is 2.37. The molecular formula is C20H8Cl3F3N2O3. The van der Waals surface area contributed by atoms with Gasteiger partial charge in [-0.05, 0) is 30.3 Å². The third-order valence-corrected chi connectivity index (χ3v) is 5.20. The average molecular weight is 488 g/mol. The maximum absolute atomic E-state index is 12.8. The first kappa shape index (κ1) is 21.4. The number of pyridine rings is 1. The Hall–Kier alpha value is -2.81. The largest absolute Gasteiger partial charge is 0.434 e. The molecule has 1 aromatic heterocycles. The predicted octanol–water partition coefficient (Wildman–Crippen LogP) is 6.65. The van der Waals surface area contributed by atoms with Crippen LogP contribution >= 0.6 is 34.8 Å². The molecule has 1 aliphatic heterocycles. The number of amides is 2. The number of aromatic nitrogens is 1. The van der Waals surface area contributed by atoms with Gasteiger partial charge in [0.2, 0.25) is 5.88 Å². The summed E-state index contributed by atoms with van der Waals surface area (Å²) in [5.41, 5.74) is -0.482. The summed E-state index contributed by atoms with van der Waals surface area (Å²) in [7, 11) is 0. The fourth-order valence-corrected chi connectivity index (χ4v) is 3.71. The summed E-state index contributed by atoms with van der Waals surface area (Å²) in [6, 6.07) is 9.49. The van der Waals surface area contributed by atoms with Gasteiger partial charge in [-0.15, -0.1) is 0 Å². The molecule has 4 rings (SSSR count). The number of carbonyl (C=O) groups excluding carboxylic acids is 2. The van der Waals surface area contributed by atoms with Crippen LogP contribution in [0.2, 0.25) is 15.1 Å². The Morgan fingerprint density at radius 2 is 1.42 bits per heavy atom. The van der Waals surface area contributed by atoms with Crippen molar-refractivity contribution in [3.05, 3.63) is 80.4 Å². The molecule has 5 nitrogen and oxygen atoms in total. The van der Waals surface area contributed by atoms with Gasteiger partial charge in [0, 0.05) is 6.20 Å². The third-order valence-electron chi connectivity index (χ3n) is 4.37. The minimum absolute atomic E-state index is 0.0972. The topological polar surface area (TPSA) is 59.5 Å². The van der Waals surface area contributed by atoms with E-state index in [-0.39, 0.29) is 38.5 Å². The van der Waals surface area contributed by atoms with Crippen LogP contribution in [0.1, 0.15) is 26.3 Å². The Kier molecular flexibility index (Phi) is 5.33. The molecule has 0 unspecified atom stereocenters. The number of hydrogen-bond acceptors (Lipinski definition) is 4. The number of hydrogen-bond donors (Lipinski definition) is 0. The number of carbonyl (C=O) groups is 2. The summed E-state index contributed by atoms with van der Waals surface area (Å²) >= 11 is 18.3. The lowest BCUT2D eigenvalue weighted by atomic mass is 10.1. The molecule has 0 N–H and O–H groups in total. The Bertz CT molecular complexity index is 1190. The molecule has 2 heterocycles. The highest BCUT2D eigenvalue weighted by Crippen LogP contribution is 2.43. The van der Waals surface area contributed by atoms with Crippen molar-refractivity contribution in [3.8, 4) is 11.6 Å². The molecule has 11 heteroatoms. The molecule has 0 bridgehead atoms. The van der Waals surface area contributed by atoms with E-state index in [9.17, 15) is 22.8 Å². The molecule has 0 spiro atoms. The van der Waals surface area contributed by atoms with Crippen LogP contribution in [-0.4, -0.2) is 16.8 Å². The summed E-state index contributed by atoms with van der Waals surface area (Å²) in [6.45, 7) is 0. The molecule has 0 radical (unpaired) electrons. The molecule has 0 saturated heterocycles. The summed E-state index contributed by atoms with van der Waals surface area (Å²) in [6.07, 6.45) is -4.07. The number of benzene rings is 2. The van der Waals surface area contributed by atoms with Crippen molar-refractivity contribution in [2.75, 3.05) is 4.90 Å². The average Bonchev–Trinajstić information content (AvgIpc) is 2.95. The first-order valence-electron chi connectivity index (χ1n) is 8.45. The zero-order valence-corrected chi connectivity index (χ0v) is 17.3. The summed E-state index contributed by atoms with van der Waals surface area (Å²) in [5, 5.41) is -0.639. The molecule has 31 heavy (non-hydrogen) atoms. The second-order valence-electron chi connectivity index (χ2n) is 6.34. The maximum atomic E-state index is 12.8. The molecule has 0 atom stereocenters. The van der Waals surface area contributed by atoms with E-state index in [0.717, 1.165) is 4.90 Å². The fourth-order valence-electron chi connectivity index (χ4n) is 2.95. The van der Waals surface area contributed by atoms with Crippen LogP contribution in [-0.2, 0) is 6.18 Å². The zero-order valence-electron chi connectivity index (χ0n) is 15.0. The summed E-state index contributed by atoms with van der Waals surface area (Å²) in [4.78, 5) is 29.7. The highest BCUT2D eigenvalue weighted by molar-refractivity contribution is 6.39. The van der Waals surface area contributed by atoms with E-state index in [2.05, 4.69) is 4.98 Å². The number of ether oxygens (including phenoxy) is 1. The smallest absolute Gasteiger partial charge is 0.417 e. The van der Waals surface area contributed by atoms with E-state index < -0.39 is 28.6 Å². The number of anilines is 1. The minimum Gasteiger partial charge on any atom is -0.434 e. The standard InChI is InChI=1S/C20H8Cl3F3N2O3/c21-13-6-10(28-18(29)11-3-1-2-4-12(11)19(28)30)7-14(22)16(13)31-17-15(23)5-9(8-27-17)20(24,25)26/h1-8H. The van der Waals surface area contributed by atoms with Crippen LogP contribution in [0.15, 0.2) is 48.7 Å². The van der Waals surface area contributed by atoms with Gasteiger partial charge in [-0.25, -0.2) is 9.88 Å². The monoisotopic (exact) mass is 486 g/mol. The normalized spacial score (nSPS) is 13.5. The molecule has 0 aliphatic carbocycles. The van der Waals surface area contributed by atoms with Crippen LogP contribution in [0, 0.1) is 0 Å². The minimum atomic E-state index is -4.63. The van der Waals surface area contributed by atoms with Crippen molar-refractivity contribution in [3.63, 3.8) is 0 Å². The first-order valence-corrected chi connectivity index (χ1v) is 9.58. The van der Waals surface area contributed by atoms with E-state index in [1.165, 1.54) is 24.3 Å². The number of fused-ring (bicyclic) bond motifs is 1. The lowest BCUT2D eigenvalue weighted by Crippen LogP contribution is -2.29. The van der Waals surface area contributed by atoms with E-state index in [4.69, 9.17) is 39.5 Å². The van der Waals surface area contributed by atoms with Crippen molar-refractivity contribution in [2.24, 2.45) is 0 Å². The van der Waals surface area contributed by atoms with Gasteiger partial charge in [-0.1, -0.05) is 46.9 Å². The lowest BCUT2D eigenvalue weighted by Gasteiger charge is -2.17. The van der Waals surface area contributed by atoms with Gasteiger partial charge in [0.15, 0.2) is 5.75 Å². The fraction of sp³-hybridized carbons (Fsp3) is 0.0500. The van der Waals surface area contributed by atoms with Gasteiger partial charge in [-0.2, -0.15) is 13.2 Å². The van der Waals surface area contributed by atoms with E-state index in [1.54, 1.807) is 12.1 Å². The third kappa shape index (κ3) is 3.82. The molecule has 2 amide bonds. The van der Waals surface area contributed by atoms with Gasteiger partial charge < -0.3 is 4.74 Å². The van der Waals surface area contributed by atoms with Crippen LogP contribution < -0.4 is 9.64 Å². The Labute approximate surface area is 187 Å². The Morgan fingerprint density at radius 3 is 1.90 bits per heavy atom. The van der Waals surface area contributed by atoms with Crippen LogP contribution in [0.3, 0.4) is 0 Å². The lowest BCUT2D eigenvalue weighted by molar-refractivity contribution is -0.137. The Morgan fingerprint density at radius 1 is 0.871 bits per heavy atom. The summed E-state index contributed by atoms with van der Waals surface area (Å²) in [5.74, 6) is -1.60. The second-order valence-corrected chi connectivity index (χ2v) is 7.56. The number of imide groups is 1. The first-order chi connectivity index (χ1) is 14.6. The van der Waals surface area contributed by atoms with E-state index in [0.29, 0.717) is 12.3 Å². The van der Waals surface area contributed by atoms with Crippen molar-refractivity contribution < 1.29 is 27.5 Å². The maximum Gasteiger partial charge on any atom is 0.417 e. The SMILES string of the molecule is O=C1c2ccccc2C(=O)N1c1cc(Cl)c(Oc2ncc(C(F)(F)F)cc2Cl)c(Cl)c1. The van der Waals surface area contributed by atoms with Gasteiger partial charge in [-0.3, -0.25) is 9.59 Å². The molecule has 0 saturated carbocycles. The molecular weight excluding hydrogens is 480 g/mol. The van der Waals surface area contributed by atoms with Crippen molar-refractivity contribution in [1.82, 2.24) is 4.98 Å². The summed E-state index contributed by atoms with van der Waals surface area (Å²) < 4.78 is 43.7. The molecule has 158 valence electrons. The number of nitrogens with zero attached hydrogens (tertiary/aromatic N) is 2. The molecule has 3 aromatic rings. The zero-order chi connectivity index (χ0) is 22.5. The Balaban J connectivity index is 1.67. The molecule has 1 aliphatic rings. The quantitative estimate of drug-likeness (QED) is 0.388. The number of alkyl halides is 3. The molecule has 0 fully saturated rings. The van der Waals surface area contributed by atoms with Crippen LogP contribution in [0.25, 0.3) is 0 Å². The van der Waals surface area contributed by atoms with E-state index >= 15 is 0 Å². The van der Waals surface area contributed by atoms with Crippen molar-refractivity contribution in [2.45, 2.75) is 6.18 Å². The van der Waals surface area contributed by atoms with E-state index in [1.807, 2.05) is 0 Å².